The molecule has 2 aliphatic carbocycles. The number of ether oxygens (including phenoxy) is 1. The van der Waals surface area contributed by atoms with E-state index in [1.54, 1.807) is 26.8 Å². The van der Waals surface area contributed by atoms with E-state index in [4.69, 9.17) is 4.74 Å². The molecule has 0 aromatic rings. The van der Waals surface area contributed by atoms with Gasteiger partial charge < -0.3 is 25.6 Å². The lowest BCUT2D eigenvalue weighted by atomic mass is 9.83. The summed E-state index contributed by atoms with van der Waals surface area (Å²) < 4.78 is 4.94. The Kier molecular flexibility index (Phi) is 11.2. The Morgan fingerprint density at radius 1 is 1.05 bits per heavy atom. The van der Waals surface area contributed by atoms with E-state index in [0.717, 1.165) is 32.1 Å². The standard InChI is InChI=1S/C29H42Br2N4O6/c1-6-8-14-19(23(36)25(38)32-15-7-2)33-24(37)22-20-18(29(20,30)31)16-35(22)26(39)21(17-12-10-9-11-13-17)34-27(40)41-28(3,4)5/h6-7,17-22H,1-2,8-16H2,3-5H3,(H,32,38)(H,33,37)(H,34,40)/t18-,19+,20-,21+,22+/m1/s1. The number of Topliss-reactive ketones (excluding diaryl/α,β-unsaturated/α-hetero) is 1. The number of carbonyl (C=O) groups is 5. The summed E-state index contributed by atoms with van der Waals surface area (Å²) in [6.45, 7) is 12.9. The molecule has 0 aromatic carbocycles. The number of amides is 4. The van der Waals surface area contributed by atoms with Crippen molar-refractivity contribution in [1.29, 1.82) is 0 Å². The largest absolute Gasteiger partial charge is 0.444 e. The summed E-state index contributed by atoms with van der Waals surface area (Å²) in [4.78, 5) is 67.6. The van der Waals surface area contributed by atoms with Gasteiger partial charge in [0.05, 0.1) is 9.28 Å². The zero-order valence-electron chi connectivity index (χ0n) is 24.0. The number of rotatable bonds is 12. The molecule has 3 fully saturated rings. The van der Waals surface area contributed by atoms with Crippen molar-refractivity contribution in [3.8, 4) is 0 Å². The second kappa shape index (κ2) is 13.8. The van der Waals surface area contributed by atoms with Gasteiger partial charge in [-0.15, -0.1) is 13.2 Å². The van der Waals surface area contributed by atoms with Crippen LogP contribution < -0.4 is 16.0 Å². The lowest BCUT2D eigenvalue weighted by molar-refractivity contribution is -0.144. The molecule has 3 N–H and O–H groups in total. The van der Waals surface area contributed by atoms with E-state index in [-0.39, 0.29) is 36.6 Å². The number of alkyl halides is 2. The lowest BCUT2D eigenvalue weighted by Crippen LogP contribution is -2.60. The summed E-state index contributed by atoms with van der Waals surface area (Å²) in [7, 11) is 0. The number of allylic oxidation sites excluding steroid dienone is 1. The Morgan fingerprint density at radius 3 is 2.29 bits per heavy atom. The van der Waals surface area contributed by atoms with Crippen LogP contribution in [0, 0.1) is 17.8 Å². The molecule has 0 bridgehead atoms. The zero-order valence-corrected chi connectivity index (χ0v) is 27.2. The molecule has 5 atom stereocenters. The summed E-state index contributed by atoms with van der Waals surface area (Å²) in [5.74, 6) is -2.86. The molecule has 1 heterocycles. The van der Waals surface area contributed by atoms with Crippen molar-refractivity contribution in [3.63, 3.8) is 0 Å². The Labute approximate surface area is 259 Å². The van der Waals surface area contributed by atoms with Crippen LogP contribution in [0.3, 0.4) is 0 Å². The summed E-state index contributed by atoms with van der Waals surface area (Å²) >= 11 is 7.29. The van der Waals surface area contributed by atoms with Gasteiger partial charge in [0.2, 0.25) is 17.6 Å². The zero-order chi connectivity index (χ0) is 30.5. The van der Waals surface area contributed by atoms with Crippen LogP contribution in [0.4, 0.5) is 4.79 Å². The maximum atomic E-state index is 14.1. The van der Waals surface area contributed by atoms with Gasteiger partial charge in [-0.1, -0.05) is 63.3 Å². The molecule has 0 radical (unpaired) electrons. The van der Waals surface area contributed by atoms with Gasteiger partial charge in [0.1, 0.15) is 17.7 Å². The average molecular weight is 702 g/mol. The third kappa shape index (κ3) is 8.21. The van der Waals surface area contributed by atoms with Crippen LogP contribution in [-0.4, -0.2) is 74.5 Å². The number of halogens is 2. The van der Waals surface area contributed by atoms with Crippen LogP contribution in [-0.2, 0) is 23.9 Å². The number of fused-ring (bicyclic) bond motifs is 1. The molecule has 3 rings (SSSR count). The summed E-state index contributed by atoms with van der Waals surface area (Å²) in [6.07, 6.45) is 7.50. The van der Waals surface area contributed by atoms with Crippen LogP contribution in [0.5, 0.6) is 0 Å². The fraction of sp³-hybridized carbons (Fsp3) is 0.690. The van der Waals surface area contributed by atoms with Crippen LogP contribution in [0.1, 0.15) is 65.7 Å². The van der Waals surface area contributed by atoms with Gasteiger partial charge in [-0.3, -0.25) is 19.2 Å². The number of nitrogens with one attached hydrogen (secondary N) is 3. The minimum atomic E-state index is -1.09. The van der Waals surface area contributed by atoms with E-state index in [2.05, 4.69) is 61.0 Å². The molecule has 228 valence electrons. The Hall–Kier alpha value is -2.21. The van der Waals surface area contributed by atoms with E-state index < -0.39 is 50.7 Å². The fourth-order valence-electron chi connectivity index (χ4n) is 5.82. The minimum absolute atomic E-state index is 0.0473. The molecule has 41 heavy (non-hydrogen) atoms. The number of piperidine rings is 1. The number of hydrogen-bond acceptors (Lipinski definition) is 6. The van der Waals surface area contributed by atoms with E-state index in [0.29, 0.717) is 13.0 Å². The molecule has 10 nitrogen and oxygen atoms in total. The van der Waals surface area contributed by atoms with Crippen molar-refractivity contribution in [2.45, 2.75) is 92.7 Å². The number of carbonyl (C=O) groups excluding carboxylic acids is 5. The molecule has 0 aromatic heterocycles. The second-order valence-corrected chi connectivity index (χ2v) is 15.7. The number of alkyl carbamates (subject to hydrolysis) is 1. The molecule has 4 amide bonds. The summed E-state index contributed by atoms with van der Waals surface area (Å²) in [6, 6.07) is -2.84. The third-order valence-electron chi connectivity index (χ3n) is 7.87. The molecule has 1 aliphatic heterocycles. The van der Waals surface area contributed by atoms with Gasteiger partial charge in [0.25, 0.3) is 5.91 Å². The molecule has 2 saturated carbocycles. The Balaban J connectivity index is 1.85. The van der Waals surface area contributed by atoms with Crippen molar-refractivity contribution < 1.29 is 28.7 Å². The number of likely N-dealkylation sites (tertiary alicyclic amines) is 1. The van der Waals surface area contributed by atoms with E-state index in [1.165, 1.54) is 11.0 Å². The van der Waals surface area contributed by atoms with E-state index in [1.807, 2.05) is 0 Å². The molecule has 0 spiro atoms. The lowest BCUT2D eigenvalue weighted by Gasteiger charge is -2.37. The highest BCUT2D eigenvalue weighted by atomic mass is 79.9. The van der Waals surface area contributed by atoms with Crippen LogP contribution in [0.25, 0.3) is 0 Å². The number of nitrogens with zero attached hydrogens (tertiary/aromatic N) is 1. The molecular formula is C29H42Br2N4O6. The maximum absolute atomic E-state index is 14.1. The number of hydrogen-bond donors (Lipinski definition) is 3. The summed E-state index contributed by atoms with van der Waals surface area (Å²) in [5, 5.41) is 8.03. The Bertz CT molecular complexity index is 1050. The predicted molar refractivity (Wildman–Crippen MR) is 162 cm³/mol. The van der Waals surface area contributed by atoms with Gasteiger partial charge in [-0.2, -0.15) is 0 Å². The van der Waals surface area contributed by atoms with Gasteiger partial charge in [-0.05, 0) is 52.4 Å². The van der Waals surface area contributed by atoms with Gasteiger partial charge in [-0.25, -0.2) is 4.79 Å². The monoisotopic (exact) mass is 700 g/mol. The highest BCUT2D eigenvalue weighted by Crippen LogP contribution is 2.67. The first kappa shape index (κ1) is 33.3. The van der Waals surface area contributed by atoms with Crippen molar-refractivity contribution >= 4 is 61.5 Å². The van der Waals surface area contributed by atoms with Crippen molar-refractivity contribution in [1.82, 2.24) is 20.9 Å². The molecule has 0 unspecified atom stereocenters. The predicted octanol–water partition coefficient (Wildman–Crippen LogP) is 3.73. The van der Waals surface area contributed by atoms with Gasteiger partial charge in [0, 0.05) is 24.9 Å². The highest BCUT2D eigenvalue weighted by Gasteiger charge is 2.73. The third-order valence-corrected chi connectivity index (χ3v) is 10.1. The van der Waals surface area contributed by atoms with Crippen molar-refractivity contribution in [2.24, 2.45) is 17.8 Å². The first-order chi connectivity index (χ1) is 19.2. The quantitative estimate of drug-likeness (QED) is 0.161. The van der Waals surface area contributed by atoms with E-state index in [9.17, 15) is 24.0 Å². The highest BCUT2D eigenvalue weighted by molar-refractivity contribution is 9.25. The normalized spacial score (nSPS) is 24.7. The SMILES string of the molecule is C=CCC[C@H](NC(=O)[C@@H]1[C@H]2[C@@H](CN1C(=O)[C@@H](NC(=O)OC(C)(C)C)C1CCCCC1)C2(Br)Br)C(=O)C(=O)NCC=C. The Morgan fingerprint density at radius 2 is 1.71 bits per heavy atom. The maximum Gasteiger partial charge on any atom is 0.408 e. The van der Waals surface area contributed by atoms with E-state index >= 15 is 0 Å². The van der Waals surface area contributed by atoms with Crippen molar-refractivity contribution in [2.75, 3.05) is 13.1 Å². The average Bonchev–Trinajstić information content (AvgIpc) is 3.23. The first-order valence-corrected chi connectivity index (χ1v) is 15.8. The van der Waals surface area contributed by atoms with Crippen LogP contribution in [0.2, 0.25) is 0 Å². The second-order valence-electron chi connectivity index (χ2n) is 12.1. The van der Waals surface area contributed by atoms with Crippen molar-refractivity contribution in [3.05, 3.63) is 25.3 Å². The molecule has 3 aliphatic rings. The number of ketones is 1. The smallest absolute Gasteiger partial charge is 0.408 e. The first-order valence-electron chi connectivity index (χ1n) is 14.2. The van der Waals surface area contributed by atoms with Crippen LogP contribution in [0.15, 0.2) is 25.3 Å². The van der Waals surface area contributed by atoms with Gasteiger partial charge in [0.15, 0.2) is 0 Å². The molecule has 1 saturated heterocycles. The molecule has 12 heteroatoms. The van der Waals surface area contributed by atoms with Crippen LogP contribution >= 0.6 is 31.9 Å². The van der Waals surface area contributed by atoms with Gasteiger partial charge >= 0.3 is 6.09 Å². The topological polar surface area (TPSA) is 134 Å². The fourth-order valence-corrected chi connectivity index (χ4v) is 7.55. The molecular weight excluding hydrogens is 660 g/mol. The minimum Gasteiger partial charge on any atom is -0.444 e. The summed E-state index contributed by atoms with van der Waals surface area (Å²) in [5.41, 5.74) is -0.738.